The normalized spacial score (nSPS) is 24.3. The van der Waals surface area contributed by atoms with Gasteiger partial charge >= 0.3 is 0 Å². The van der Waals surface area contributed by atoms with Crippen LogP contribution in [0.25, 0.3) is 11.2 Å². The van der Waals surface area contributed by atoms with Crippen molar-refractivity contribution in [2.24, 2.45) is 11.8 Å². The molecule has 0 aromatic carbocycles. The highest BCUT2D eigenvalue weighted by Gasteiger charge is 2.21. The number of hydrogen-bond donors (Lipinski definition) is 2. The van der Waals surface area contributed by atoms with Gasteiger partial charge in [0.05, 0.1) is 6.33 Å². The summed E-state index contributed by atoms with van der Waals surface area (Å²) in [5.41, 5.74) is 1.63. The number of imidazole rings is 1. The Morgan fingerprint density at radius 2 is 2.29 bits per heavy atom. The zero-order valence-electron chi connectivity index (χ0n) is 9.98. The molecular formula is C12H17N5. The van der Waals surface area contributed by atoms with Gasteiger partial charge in [0, 0.05) is 6.54 Å². The minimum Gasteiger partial charge on any atom is -0.368 e. The molecule has 3 rings (SSSR count). The smallest absolute Gasteiger partial charge is 0.182 e. The second-order valence-corrected chi connectivity index (χ2v) is 4.99. The molecule has 2 aromatic rings. The van der Waals surface area contributed by atoms with Crippen LogP contribution in [0.4, 0.5) is 5.82 Å². The van der Waals surface area contributed by atoms with Gasteiger partial charge in [-0.1, -0.05) is 13.3 Å². The number of rotatable bonds is 3. The molecule has 2 atom stereocenters. The van der Waals surface area contributed by atoms with E-state index in [0.717, 1.165) is 35.4 Å². The van der Waals surface area contributed by atoms with Gasteiger partial charge in [-0.15, -0.1) is 0 Å². The molecule has 0 aliphatic heterocycles. The lowest BCUT2D eigenvalue weighted by Crippen LogP contribution is -2.12. The summed E-state index contributed by atoms with van der Waals surface area (Å²) >= 11 is 0. The number of aromatic nitrogens is 4. The van der Waals surface area contributed by atoms with E-state index in [1.165, 1.54) is 19.3 Å². The lowest BCUT2D eigenvalue weighted by Gasteiger charge is -2.11. The largest absolute Gasteiger partial charge is 0.368 e. The predicted octanol–water partition coefficient (Wildman–Crippen LogP) is 2.20. The van der Waals surface area contributed by atoms with Crippen molar-refractivity contribution in [3.8, 4) is 0 Å². The summed E-state index contributed by atoms with van der Waals surface area (Å²) in [7, 11) is 0. The average molecular weight is 231 g/mol. The van der Waals surface area contributed by atoms with Gasteiger partial charge in [0.15, 0.2) is 11.5 Å². The molecule has 0 saturated heterocycles. The van der Waals surface area contributed by atoms with Gasteiger partial charge in [-0.2, -0.15) is 0 Å². The Morgan fingerprint density at radius 3 is 3.12 bits per heavy atom. The van der Waals surface area contributed by atoms with Gasteiger partial charge in [0.1, 0.15) is 11.8 Å². The van der Waals surface area contributed by atoms with E-state index in [2.05, 4.69) is 32.2 Å². The first-order valence-electron chi connectivity index (χ1n) is 6.21. The van der Waals surface area contributed by atoms with Crippen molar-refractivity contribution in [2.75, 3.05) is 11.9 Å². The number of nitrogens with one attached hydrogen (secondary N) is 2. The molecule has 2 unspecified atom stereocenters. The van der Waals surface area contributed by atoms with Crippen molar-refractivity contribution in [1.82, 2.24) is 19.9 Å². The van der Waals surface area contributed by atoms with Crippen LogP contribution in [0.3, 0.4) is 0 Å². The Morgan fingerprint density at radius 1 is 1.35 bits per heavy atom. The van der Waals surface area contributed by atoms with Crippen molar-refractivity contribution >= 4 is 17.0 Å². The molecule has 5 nitrogen and oxygen atoms in total. The molecule has 90 valence electrons. The minimum absolute atomic E-state index is 0.724. The van der Waals surface area contributed by atoms with Crippen molar-refractivity contribution < 1.29 is 0 Å². The van der Waals surface area contributed by atoms with Gasteiger partial charge in [0.25, 0.3) is 0 Å². The Hall–Kier alpha value is -1.65. The van der Waals surface area contributed by atoms with Crippen molar-refractivity contribution in [3.63, 3.8) is 0 Å². The topological polar surface area (TPSA) is 66.5 Å². The average Bonchev–Trinajstić information content (AvgIpc) is 2.94. The molecule has 2 N–H and O–H groups in total. The highest BCUT2D eigenvalue weighted by atomic mass is 15.1. The standard InChI is InChI=1S/C12H17N5/c1-8-2-3-9(4-8)5-13-11-10-12(15-6-14-10)17-7-16-11/h6-9H,2-5H2,1H3,(H2,13,14,15,16,17). The minimum atomic E-state index is 0.724. The van der Waals surface area contributed by atoms with E-state index in [9.17, 15) is 0 Å². The molecule has 5 heteroatoms. The summed E-state index contributed by atoms with van der Waals surface area (Å²) in [6, 6.07) is 0. The van der Waals surface area contributed by atoms with E-state index in [-0.39, 0.29) is 0 Å². The third kappa shape index (κ3) is 2.09. The monoisotopic (exact) mass is 231 g/mol. The second kappa shape index (κ2) is 4.31. The van der Waals surface area contributed by atoms with Crippen molar-refractivity contribution in [2.45, 2.75) is 26.2 Å². The maximum atomic E-state index is 4.27. The van der Waals surface area contributed by atoms with Crippen LogP contribution in [0.1, 0.15) is 26.2 Å². The van der Waals surface area contributed by atoms with Crippen molar-refractivity contribution in [1.29, 1.82) is 0 Å². The molecule has 1 fully saturated rings. The lowest BCUT2D eigenvalue weighted by molar-refractivity contribution is 0.536. The fourth-order valence-electron chi connectivity index (χ4n) is 2.65. The molecule has 1 aliphatic rings. The van der Waals surface area contributed by atoms with E-state index < -0.39 is 0 Å². The van der Waals surface area contributed by atoms with E-state index >= 15 is 0 Å². The van der Waals surface area contributed by atoms with Gasteiger partial charge in [-0.25, -0.2) is 15.0 Å². The Kier molecular flexibility index (Phi) is 2.66. The highest BCUT2D eigenvalue weighted by Crippen LogP contribution is 2.30. The molecule has 1 saturated carbocycles. The van der Waals surface area contributed by atoms with Gasteiger partial charge in [-0.05, 0) is 24.7 Å². The molecule has 1 aliphatic carbocycles. The molecule has 2 heterocycles. The molecule has 17 heavy (non-hydrogen) atoms. The summed E-state index contributed by atoms with van der Waals surface area (Å²) in [5, 5.41) is 3.41. The van der Waals surface area contributed by atoms with E-state index in [1.54, 1.807) is 12.7 Å². The summed E-state index contributed by atoms with van der Waals surface area (Å²) < 4.78 is 0. The SMILES string of the molecule is CC1CCC(CNc2ncnc3nc[nH]c23)C1. The number of fused-ring (bicyclic) bond motifs is 1. The van der Waals surface area contributed by atoms with Crippen LogP contribution in [0.2, 0.25) is 0 Å². The molecule has 2 aromatic heterocycles. The molecule has 0 bridgehead atoms. The first kappa shape index (κ1) is 10.5. The third-order valence-corrected chi connectivity index (χ3v) is 3.58. The zero-order chi connectivity index (χ0) is 11.7. The number of hydrogen-bond acceptors (Lipinski definition) is 4. The summed E-state index contributed by atoms with van der Waals surface area (Å²) in [6.45, 7) is 3.33. The first-order valence-corrected chi connectivity index (χ1v) is 6.21. The predicted molar refractivity (Wildman–Crippen MR) is 66.7 cm³/mol. The number of H-pyrrole nitrogens is 1. The first-order chi connectivity index (χ1) is 8.33. The third-order valence-electron chi connectivity index (χ3n) is 3.58. The van der Waals surface area contributed by atoms with Crippen LogP contribution in [-0.2, 0) is 0 Å². The molecule has 0 amide bonds. The maximum absolute atomic E-state index is 4.27. The number of aromatic amines is 1. The Bertz CT molecular complexity index is 506. The van der Waals surface area contributed by atoms with E-state index in [4.69, 9.17) is 0 Å². The Balaban J connectivity index is 1.70. The maximum Gasteiger partial charge on any atom is 0.182 e. The van der Waals surface area contributed by atoms with E-state index in [0.29, 0.717) is 0 Å². The van der Waals surface area contributed by atoms with Crippen LogP contribution in [0, 0.1) is 11.8 Å². The van der Waals surface area contributed by atoms with Crippen LogP contribution >= 0.6 is 0 Å². The molecule has 0 radical (unpaired) electrons. The quantitative estimate of drug-likeness (QED) is 0.849. The van der Waals surface area contributed by atoms with Crippen LogP contribution in [0.15, 0.2) is 12.7 Å². The molecular weight excluding hydrogens is 214 g/mol. The van der Waals surface area contributed by atoms with Gasteiger partial charge in [0.2, 0.25) is 0 Å². The second-order valence-electron chi connectivity index (χ2n) is 4.99. The Labute approximate surface area is 100 Å². The summed E-state index contributed by atoms with van der Waals surface area (Å²) in [6.07, 6.45) is 7.22. The summed E-state index contributed by atoms with van der Waals surface area (Å²) in [5.74, 6) is 2.52. The highest BCUT2D eigenvalue weighted by molar-refractivity contribution is 5.81. The number of nitrogens with zero attached hydrogens (tertiary/aromatic N) is 3. The summed E-state index contributed by atoms with van der Waals surface area (Å²) in [4.78, 5) is 15.6. The number of anilines is 1. The zero-order valence-corrected chi connectivity index (χ0v) is 9.98. The fraction of sp³-hybridized carbons (Fsp3) is 0.583. The molecule has 0 spiro atoms. The van der Waals surface area contributed by atoms with Gasteiger partial charge in [-0.3, -0.25) is 0 Å². The van der Waals surface area contributed by atoms with Crippen LogP contribution in [0.5, 0.6) is 0 Å². The van der Waals surface area contributed by atoms with Gasteiger partial charge < -0.3 is 10.3 Å². The van der Waals surface area contributed by atoms with Crippen LogP contribution in [-0.4, -0.2) is 26.5 Å². The lowest BCUT2D eigenvalue weighted by atomic mass is 10.1. The van der Waals surface area contributed by atoms with Crippen LogP contribution < -0.4 is 5.32 Å². The van der Waals surface area contributed by atoms with Crippen molar-refractivity contribution in [3.05, 3.63) is 12.7 Å². The fourth-order valence-corrected chi connectivity index (χ4v) is 2.65. The van der Waals surface area contributed by atoms with E-state index in [1.807, 2.05) is 0 Å².